The first-order chi connectivity index (χ1) is 12.1. The zero-order chi connectivity index (χ0) is 17.6. The molecule has 0 radical (unpaired) electrons. The number of rotatable bonds is 6. The van der Waals surface area contributed by atoms with Crippen LogP contribution in [0.25, 0.3) is 0 Å². The number of anilines is 2. The molecule has 138 valence electrons. The summed E-state index contributed by atoms with van der Waals surface area (Å²) in [5.41, 5.74) is 7.84. The first-order valence-corrected chi connectivity index (χ1v) is 8.39. The van der Waals surface area contributed by atoms with Gasteiger partial charge in [-0.05, 0) is 55.2 Å². The predicted octanol–water partition coefficient (Wildman–Crippen LogP) is 3.22. The number of hydrogen-bond donors (Lipinski definition) is 4. The summed E-state index contributed by atoms with van der Waals surface area (Å²) < 4.78 is 0. The molecular formula is C19H23ClN4O2. The molecule has 26 heavy (non-hydrogen) atoms. The van der Waals surface area contributed by atoms with Crippen molar-refractivity contribution in [3.63, 3.8) is 0 Å². The summed E-state index contributed by atoms with van der Waals surface area (Å²) in [6, 6.07) is 15.6. The lowest BCUT2D eigenvalue weighted by atomic mass is 10.1. The first kappa shape index (κ1) is 19.8. The summed E-state index contributed by atoms with van der Waals surface area (Å²) in [6.07, 6.45) is 2.31. The van der Waals surface area contributed by atoms with Gasteiger partial charge in [0, 0.05) is 29.5 Å². The molecule has 0 saturated heterocycles. The van der Waals surface area contributed by atoms with Gasteiger partial charge in [0.1, 0.15) is 0 Å². The molecule has 1 unspecified atom stereocenters. The van der Waals surface area contributed by atoms with Gasteiger partial charge in [-0.15, -0.1) is 12.4 Å². The van der Waals surface area contributed by atoms with Gasteiger partial charge in [0.05, 0.1) is 0 Å². The van der Waals surface area contributed by atoms with Crippen LogP contribution < -0.4 is 21.7 Å². The van der Waals surface area contributed by atoms with Gasteiger partial charge >= 0.3 is 6.03 Å². The van der Waals surface area contributed by atoms with Crippen LogP contribution in [0.15, 0.2) is 54.6 Å². The van der Waals surface area contributed by atoms with Gasteiger partial charge in [0.15, 0.2) is 0 Å². The normalized spacial score (nSPS) is 13.9. The van der Waals surface area contributed by atoms with Gasteiger partial charge in [0.2, 0.25) is 0 Å². The highest BCUT2D eigenvalue weighted by Crippen LogP contribution is 2.31. The van der Waals surface area contributed by atoms with Crippen LogP contribution in [0.4, 0.5) is 16.2 Å². The van der Waals surface area contributed by atoms with Crippen molar-refractivity contribution >= 4 is 35.7 Å². The summed E-state index contributed by atoms with van der Waals surface area (Å²) in [4.78, 5) is 24.0. The van der Waals surface area contributed by atoms with Crippen molar-refractivity contribution in [3.05, 3.63) is 60.2 Å². The Labute approximate surface area is 159 Å². The molecular weight excluding hydrogens is 352 g/mol. The molecule has 0 heterocycles. The van der Waals surface area contributed by atoms with Gasteiger partial charge in [-0.3, -0.25) is 4.79 Å². The van der Waals surface area contributed by atoms with Gasteiger partial charge in [-0.25, -0.2) is 4.79 Å². The molecule has 3 rings (SSSR count). The van der Waals surface area contributed by atoms with E-state index >= 15 is 0 Å². The second-order valence-corrected chi connectivity index (χ2v) is 6.23. The molecule has 1 aliphatic rings. The van der Waals surface area contributed by atoms with E-state index in [0.29, 0.717) is 29.4 Å². The van der Waals surface area contributed by atoms with Gasteiger partial charge in [-0.2, -0.15) is 0 Å². The van der Waals surface area contributed by atoms with Gasteiger partial charge < -0.3 is 21.7 Å². The summed E-state index contributed by atoms with van der Waals surface area (Å²) in [7, 11) is 0. The van der Waals surface area contributed by atoms with Crippen molar-refractivity contribution in [1.82, 2.24) is 5.32 Å². The number of nitrogens with two attached hydrogens (primary N) is 1. The first-order valence-electron chi connectivity index (χ1n) is 8.39. The van der Waals surface area contributed by atoms with Crippen molar-refractivity contribution in [2.45, 2.75) is 18.9 Å². The number of urea groups is 1. The van der Waals surface area contributed by atoms with Crippen LogP contribution in [0.3, 0.4) is 0 Å². The number of carbonyl (C=O) groups excluding carboxylic acids is 2. The predicted molar refractivity (Wildman–Crippen MR) is 106 cm³/mol. The Morgan fingerprint density at radius 2 is 1.54 bits per heavy atom. The third-order valence-electron chi connectivity index (χ3n) is 4.16. The Morgan fingerprint density at radius 3 is 2.12 bits per heavy atom. The van der Waals surface area contributed by atoms with E-state index in [-0.39, 0.29) is 30.4 Å². The molecule has 2 aromatic rings. The zero-order valence-electron chi connectivity index (χ0n) is 14.3. The lowest BCUT2D eigenvalue weighted by Gasteiger charge is -2.12. The second kappa shape index (κ2) is 9.22. The summed E-state index contributed by atoms with van der Waals surface area (Å²) in [6.45, 7) is 0.489. The minimum absolute atomic E-state index is 0. The molecule has 3 amide bonds. The summed E-state index contributed by atoms with van der Waals surface area (Å²) in [5.74, 6) is 0.395. The molecule has 5 N–H and O–H groups in total. The summed E-state index contributed by atoms with van der Waals surface area (Å²) >= 11 is 0. The topological polar surface area (TPSA) is 96.2 Å². The second-order valence-electron chi connectivity index (χ2n) is 6.23. The standard InChI is InChI=1S/C19H22N4O2.ClH/c20-17(13-6-7-13)12-21-18(24)14-8-10-16(11-9-14)23-19(25)22-15-4-2-1-3-5-15;/h1-5,8-11,13,17H,6-7,12,20H2,(H,21,24)(H2,22,23,25);1H. The van der Waals surface area contributed by atoms with Crippen molar-refractivity contribution in [2.75, 3.05) is 17.2 Å². The van der Waals surface area contributed by atoms with Crippen LogP contribution in [-0.2, 0) is 0 Å². The molecule has 0 spiro atoms. The molecule has 6 nitrogen and oxygen atoms in total. The fourth-order valence-electron chi connectivity index (χ4n) is 2.52. The zero-order valence-corrected chi connectivity index (χ0v) is 15.1. The molecule has 1 fully saturated rings. The Kier molecular flexibility index (Phi) is 7.00. The third kappa shape index (κ3) is 5.75. The van der Waals surface area contributed by atoms with Crippen LogP contribution in [0.1, 0.15) is 23.2 Å². The van der Waals surface area contributed by atoms with E-state index in [1.807, 2.05) is 18.2 Å². The van der Waals surface area contributed by atoms with Crippen LogP contribution in [0, 0.1) is 5.92 Å². The van der Waals surface area contributed by atoms with E-state index in [1.165, 1.54) is 0 Å². The minimum Gasteiger partial charge on any atom is -0.350 e. The minimum atomic E-state index is -0.334. The fraction of sp³-hybridized carbons (Fsp3) is 0.263. The Balaban J connectivity index is 0.00000243. The largest absolute Gasteiger partial charge is 0.350 e. The molecule has 1 aliphatic carbocycles. The van der Waals surface area contributed by atoms with Gasteiger partial charge in [0.25, 0.3) is 5.91 Å². The monoisotopic (exact) mass is 374 g/mol. The van der Waals surface area contributed by atoms with Crippen molar-refractivity contribution in [3.8, 4) is 0 Å². The number of para-hydroxylation sites is 1. The SMILES string of the molecule is Cl.NC(CNC(=O)c1ccc(NC(=O)Nc2ccccc2)cc1)C1CC1. The fourth-order valence-corrected chi connectivity index (χ4v) is 2.52. The molecule has 0 aromatic heterocycles. The highest BCUT2D eigenvalue weighted by Gasteiger charge is 2.28. The highest BCUT2D eigenvalue weighted by atomic mass is 35.5. The smallest absolute Gasteiger partial charge is 0.323 e. The number of halogens is 1. The van der Waals surface area contributed by atoms with E-state index in [4.69, 9.17) is 5.73 Å². The summed E-state index contributed by atoms with van der Waals surface area (Å²) in [5, 5.41) is 8.31. The quantitative estimate of drug-likeness (QED) is 0.625. The van der Waals surface area contributed by atoms with E-state index in [0.717, 1.165) is 12.8 Å². The van der Waals surface area contributed by atoms with Crippen LogP contribution in [0.5, 0.6) is 0 Å². The molecule has 1 saturated carbocycles. The van der Waals surface area contributed by atoms with E-state index < -0.39 is 0 Å². The van der Waals surface area contributed by atoms with Crippen LogP contribution in [0.2, 0.25) is 0 Å². The van der Waals surface area contributed by atoms with Crippen molar-refractivity contribution in [2.24, 2.45) is 11.7 Å². The molecule has 1 atom stereocenters. The molecule has 7 heteroatoms. The maximum atomic E-state index is 12.1. The number of benzene rings is 2. The average molecular weight is 375 g/mol. The highest BCUT2D eigenvalue weighted by molar-refractivity contribution is 6.00. The van der Waals surface area contributed by atoms with Crippen molar-refractivity contribution < 1.29 is 9.59 Å². The van der Waals surface area contributed by atoms with Crippen LogP contribution in [-0.4, -0.2) is 24.5 Å². The lowest BCUT2D eigenvalue weighted by molar-refractivity contribution is 0.0950. The number of amides is 3. The number of hydrogen-bond acceptors (Lipinski definition) is 3. The Bertz CT molecular complexity index is 733. The average Bonchev–Trinajstić information content (AvgIpc) is 3.46. The number of carbonyl (C=O) groups is 2. The molecule has 0 bridgehead atoms. The Hall–Kier alpha value is -2.57. The van der Waals surface area contributed by atoms with E-state index in [2.05, 4.69) is 16.0 Å². The Morgan fingerprint density at radius 1 is 0.962 bits per heavy atom. The molecule has 2 aromatic carbocycles. The van der Waals surface area contributed by atoms with E-state index in [1.54, 1.807) is 36.4 Å². The van der Waals surface area contributed by atoms with Gasteiger partial charge in [-0.1, -0.05) is 18.2 Å². The van der Waals surface area contributed by atoms with Crippen LogP contribution >= 0.6 is 12.4 Å². The third-order valence-corrected chi connectivity index (χ3v) is 4.16. The van der Waals surface area contributed by atoms with Crippen molar-refractivity contribution in [1.29, 1.82) is 0 Å². The van der Waals surface area contributed by atoms with E-state index in [9.17, 15) is 9.59 Å². The molecule has 0 aliphatic heterocycles. The lowest BCUT2D eigenvalue weighted by Crippen LogP contribution is -2.38. The maximum Gasteiger partial charge on any atom is 0.323 e. The maximum absolute atomic E-state index is 12.1. The number of nitrogens with one attached hydrogen (secondary N) is 3.